The first-order valence-corrected chi connectivity index (χ1v) is 9.91. The summed E-state index contributed by atoms with van der Waals surface area (Å²) < 4.78 is 10.6. The van der Waals surface area contributed by atoms with Gasteiger partial charge in [-0.3, -0.25) is 4.99 Å². The molecule has 166 valence electrons. The van der Waals surface area contributed by atoms with E-state index in [2.05, 4.69) is 32.4 Å². The molecule has 0 aliphatic carbocycles. The Balaban J connectivity index is 0.00000341. The van der Waals surface area contributed by atoms with Crippen molar-refractivity contribution < 1.29 is 9.47 Å². The summed E-state index contributed by atoms with van der Waals surface area (Å²) >= 11 is 0. The van der Waals surface area contributed by atoms with E-state index in [1.54, 1.807) is 14.2 Å². The summed E-state index contributed by atoms with van der Waals surface area (Å²) in [5.74, 6) is 2.52. The van der Waals surface area contributed by atoms with E-state index < -0.39 is 0 Å². The first kappa shape index (κ1) is 24.7. The number of H-pyrrole nitrogens is 1. The molecule has 0 spiro atoms. The number of benzene rings is 2. The van der Waals surface area contributed by atoms with Crippen molar-refractivity contribution in [2.24, 2.45) is 4.99 Å². The molecule has 8 heteroatoms. The highest BCUT2D eigenvalue weighted by molar-refractivity contribution is 14.0. The number of rotatable bonds is 9. The molecule has 0 saturated heterocycles. The first-order chi connectivity index (χ1) is 14.7. The van der Waals surface area contributed by atoms with Crippen molar-refractivity contribution in [1.82, 2.24) is 20.2 Å². The number of imidazole rings is 1. The van der Waals surface area contributed by atoms with Crippen molar-refractivity contribution in [3.63, 3.8) is 0 Å². The Morgan fingerprint density at radius 1 is 1.10 bits per heavy atom. The number of halogens is 1. The molecule has 1 heterocycles. The second kappa shape index (κ2) is 13.0. The lowest BCUT2D eigenvalue weighted by molar-refractivity contribution is 0.146. The van der Waals surface area contributed by atoms with Gasteiger partial charge < -0.3 is 24.7 Å². The number of ether oxygens (including phenoxy) is 2. The molecule has 0 radical (unpaired) electrons. The van der Waals surface area contributed by atoms with Crippen molar-refractivity contribution in [2.75, 3.05) is 34.4 Å². The Kier molecular flexibility index (Phi) is 10.3. The smallest absolute Gasteiger partial charge is 0.194 e. The maximum Gasteiger partial charge on any atom is 0.194 e. The zero-order valence-electron chi connectivity index (χ0n) is 18.2. The quantitative estimate of drug-likeness (QED) is 0.188. The molecule has 7 nitrogen and oxygen atoms in total. The van der Waals surface area contributed by atoms with Gasteiger partial charge in [0.05, 0.1) is 25.0 Å². The second-order valence-electron chi connectivity index (χ2n) is 6.85. The van der Waals surface area contributed by atoms with E-state index in [9.17, 15) is 0 Å². The van der Waals surface area contributed by atoms with Crippen LogP contribution < -0.4 is 10.1 Å². The van der Waals surface area contributed by atoms with Crippen molar-refractivity contribution in [3.05, 3.63) is 72.2 Å². The summed E-state index contributed by atoms with van der Waals surface area (Å²) in [6, 6.07) is 18.2. The van der Waals surface area contributed by atoms with Crippen LogP contribution in [0, 0.1) is 0 Å². The third kappa shape index (κ3) is 7.55. The van der Waals surface area contributed by atoms with Gasteiger partial charge >= 0.3 is 0 Å². The van der Waals surface area contributed by atoms with Gasteiger partial charge in [0, 0.05) is 27.7 Å². The highest BCUT2D eigenvalue weighted by Crippen LogP contribution is 2.16. The molecule has 0 aliphatic heterocycles. The van der Waals surface area contributed by atoms with Crippen LogP contribution in [0.1, 0.15) is 11.4 Å². The molecular weight excluding hydrogens is 505 g/mol. The molecule has 3 aromatic rings. The summed E-state index contributed by atoms with van der Waals surface area (Å²) in [4.78, 5) is 14.3. The highest BCUT2D eigenvalue weighted by Gasteiger charge is 2.10. The summed E-state index contributed by atoms with van der Waals surface area (Å²) in [7, 11) is 5.44. The van der Waals surface area contributed by atoms with Gasteiger partial charge in [-0.2, -0.15) is 0 Å². The molecule has 3 rings (SSSR count). The van der Waals surface area contributed by atoms with E-state index in [4.69, 9.17) is 9.47 Å². The summed E-state index contributed by atoms with van der Waals surface area (Å²) in [5.41, 5.74) is 3.28. The third-order valence-electron chi connectivity index (χ3n) is 4.60. The summed E-state index contributed by atoms with van der Waals surface area (Å²) in [6.45, 7) is 2.42. The van der Waals surface area contributed by atoms with E-state index in [0.717, 1.165) is 34.4 Å². The molecule has 0 aliphatic rings. The number of aromatic nitrogens is 2. The minimum Gasteiger partial charge on any atom is -0.491 e. The Morgan fingerprint density at radius 2 is 1.84 bits per heavy atom. The van der Waals surface area contributed by atoms with E-state index >= 15 is 0 Å². The van der Waals surface area contributed by atoms with Gasteiger partial charge in [0.2, 0.25) is 0 Å². The minimum atomic E-state index is 0. The third-order valence-corrected chi connectivity index (χ3v) is 4.60. The van der Waals surface area contributed by atoms with Crippen LogP contribution in [0.4, 0.5) is 0 Å². The van der Waals surface area contributed by atoms with Gasteiger partial charge in [0.1, 0.15) is 18.2 Å². The summed E-state index contributed by atoms with van der Waals surface area (Å²) in [6.07, 6.45) is 1.87. The van der Waals surface area contributed by atoms with E-state index in [1.165, 1.54) is 0 Å². The highest BCUT2D eigenvalue weighted by atomic mass is 127. The standard InChI is InChI=1S/C23H29N5O2.HI/c1-24-23(26-15-18-9-11-20(12-10-18)30-14-13-29-3)28(2)17-22-25-16-21(27-22)19-7-5-4-6-8-19;/h4-12,16H,13-15,17H2,1-3H3,(H,24,26)(H,25,27);1H. The maximum absolute atomic E-state index is 5.60. The van der Waals surface area contributed by atoms with Crippen LogP contribution in [0.15, 0.2) is 65.8 Å². The van der Waals surface area contributed by atoms with Crippen molar-refractivity contribution in [2.45, 2.75) is 13.1 Å². The second-order valence-corrected chi connectivity index (χ2v) is 6.85. The Morgan fingerprint density at radius 3 is 2.52 bits per heavy atom. The SMILES string of the molecule is CN=C(NCc1ccc(OCCOC)cc1)N(C)Cc1ncc(-c2ccccc2)[nH]1.I. The predicted molar refractivity (Wildman–Crippen MR) is 135 cm³/mol. The minimum absolute atomic E-state index is 0. The number of nitrogens with zero attached hydrogens (tertiary/aromatic N) is 3. The fourth-order valence-electron chi connectivity index (χ4n) is 3.02. The number of hydrogen-bond acceptors (Lipinski definition) is 4. The van der Waals surface area contributed by atoms with Crippen molar-refractivity contribution >= 4 is 29.9 Å². The van der Waals surface area contributed by atoms with E-state index in [1.807, 2.05) is 60.6 Å². The number of aromatic amines is 1. The zero-order chi connectivity index (χ0) is 21.2. The average Bonchev–Trinajstić information content (AvgIpc) is 3.24. The lowest BCUT2D eigenvalue weighted by Crippen LogP contribution is -2.38. The number of aliphatic imine (C=N–C) groups is 1. The molecule has 0 amide bonds. The average molecular weight is 535 g/mol. The number of methoxy groups -OCH3 is 1. The monoisotopic (exact) mass is 535 g/mol. The Hall–Kier alpha value is -2.59. The molecule has 31 heavy (non-hydrogen) atoms. The van der Waals surface area contributed by atoms with E-state index in [0.29, 0.717) is 26.3 Å². The van der Waals surface area contributed by atoms with Crippen molar-refractivity contribution in [1.29, 1.82) is 0 Å². The lowest BCUT2D eigenvalue weighted by Gasteiger charge is -2.21. The predicted octanol–water partition coefficient (Wildman–Crippen LogP) is 3.93. The molecule has 1 aromatic heterocycles. The van der Waals surface area contributed by atoms with Crippen LogP contribution in [0.25, 0.3) is 11.3 Å². The van der Waals surface area contributed by atoms with Gasteiger partial charge in [-0.25, -0.2) is 4.98 Å². The van der Waals surface area contributed by atoms with Crippen LogP contribution in [-0.2, 0) is 17.8 Å². The molecule has 0 fully saturated rings. The molecule has 0 bridgehead atoms. The van der Waals surface area contributed by atoms with Crippen LogP contribution in [0.3, 0.4) is 0 Å². The molecule has 2 aromatic carbocycles. The molecule has 2 N–H and O–H groups in total. The zero-order valence-corrected chi connectivity index (χ0v) is 20.5. The van der Waals surface area contributed by atoms with Crippen molar-refractivity contribution in [3.8, 4) is 17.0 Å². The van der Waals surface area contributed by atoms with Crippen LogP contribution in [0.2, 0.25) is 0 Å². The van der Waals surface area contributed by atoms with Crippen LogP contribution >= 0.6 is 24.0 Å². The Bertz CT molecular complexity index is 929. The van der Waals surface area contributed by atoms with Crippen LogP contribution in [0.5, 0.6) is 5.75 Å². The summed E-state index contributed by atoms with van der Waals surface area (Å²) in [5, 5.41) is 3.39. The number of nitrogens with one attached hydrogen (secondary N) is 2. The molecule has 0 atom stereocenters. The van der Waals surface area contributed by atoms with Gasteiger partial charge in [-0.05, 0) is 23.3 Å². The maximum atomic E-state index is 5.60. The topological polar surface area (TPSA) is 74.8 Å². The lowest BCUT2D eigenvalue weighted by atomic mass is 10.2. The largest absolute Gasteiger partial charge is 0.491 e. The molecular formula is C23H30IN5O2. The molecule has 0 saturated carbocycles. The van der Waals surface area contributed by atoms with Gasteiger partial charge in [-0.15, -0.1) is 24.0 Å². The first-order valence-electron chi connectivity index (χ1n) is 9.91. The fourth-order valence-corrected chi connectivity index (χ4v) is 3.02. The van der Waals surface area contributed by atoms with Gasteiger partial charge in [0.25, 0.3) is 0 Å². The Labute approximate surface area is 200 Å². The molecule has 0 unspecified atom stereocenters. The van der Waals surface area contributed by atoms with Gasteiger partial charge in [0.15, 0.2) is 5.96 Å². The number of hydrogen-bond donors (Lipinski definition) is 2. The number of guanidine groups is 1. The van der Waals surface area contributed by atoms with Gasteiger partial charge in [-0.1, -0.05) is 42.5 Å². The fraction of sp³-hybridized carbons (Fsp3) is 0.304. The normalized spacial score (nSPS) is 11.0. The van der Waals surface area contributed by atoms with Crippen LogP contribution in [-0.4, -0.2) is 55.2 Å². The van der Waals surface area contributed by atoms with E-state index in [-0.39, 0.29) is 24.0 Å².